The van der Waals surface area contributed by atoms with Gasteiger partial charge in [0.05, 0.1) is 10.6 Å². The molecule has 3 aromatic carbocycles. The smallest absolute Gasteiger partial charge is 0.295 e. The van der Waals surface area contributed by atoms with E-state index < -0.39 is 15.8 Å². The number of rotatable bonds is 10. The number of aromatic nitrogens is 1. The molecule has 224 valence electrons. The van der Waals surface area contributed by atoms with Crippen molar-refractivity contribution >= 4 is 43.4 Å². The maximum absolute atomic E-state index is 14.0. The van der Waals surface area contributed by atoms with Crippen LogP contribution in [0.3, 0.4) is 0 Å². The molecule has 0 spiro atoms. The Morgan fingerprint density at radius 3 is 2.40 bits per heavy atom. The number of carbonyl (C=O) groups is 1. The number of halogens is 2. The van der Waals surface area contributed by atoms with Crippen LogP contribution < -0.4 is 19.5 Å². The van der Waals surface area contributed by atoms with Gasteiger partial charge in [0.2, 0.25) is 0 Å². The molecular weight excluding hydrogens is 637 g/mol. The van der Waals surface area contributed by atoms with Crippen molar-refractivity contribution in [1.82, 2.24) is 15.2 Å². The van der Waals surface area contributed by atoms with Crippen molar-refractivity contribution in [2.24, 2.45) is 0 Å². The van der Waals surface area contributed by atoms with Crippen LogP contribution in [0, 0.1) is 12.7 Å². The van der Waals surface area contributed by atoms with Gasteiger partial charge in [-0.3, -0.25) is 9.69 Å². The van der Waals surface area contributed by atoms with E-state index in [1.165, 1.54) is 48.0 Å². The van der Waals surface area contributed by atoms with Crippen molar-refractivity contribution in [2.75, 3.05) is 48.6 Å². The average molecular weight is 669 g/mol. The van der Waals surface area contributed by atoms with Gasteiger partial charge in [-0.2, -0.15) is 8.42 Å². The lowest BCUT2D eigenvalue weighted by Gasteiger charge is -2.35. The topological polar surface area (TPSA) is 95.1 Å². The number of hydrogen-bond donors (Lipinski definition) is 1. The van der Waals surface area contributed by atoms with E-state index in [4.69, 9.17) is 4.84 Å². The molecule has 1 aromatic heterocycles. The minimum Gasteiger partial charge on any atom is -0.364 e. The largest absolute Gasteiger partial charge is 0.364 e. The molecule has 0 saturated carbocycles. The first-order valence-corrected chi connectivity index (χ1v) is 15.9. The molecule has 0 radical (unpaired) electrons. The number of nitrogens with zero attached hydrogens (tertiary/aromatic N) is 4. The zero-order valence-corrected chi connectivity index (χ0v) is 25.9. The highest BCUT2D eigenvalue weighted by Gasteiger charge is 2.28. The molecule has 0 unspecified atom stereocenters. The van der Waals surface area contributed by atoms with Crippen molar-refractivity contribution in [2.45, 2.75) is 11.8 Å². The minimum atomic E-state index is -4.29. The summed E-state index contributed by atoms with van der Waals surface area (Å²) in [5.41, 5.74) is 1.49. The molecule has 2 heterocycles. The van der Waals surface area contributed by atoms with E-state index in [2.05, 4.69) is 49.0 Å². The molecule has 0 bridgehead atoms. The van der Waals surface area contributed by atoms with Gasteiger partial charge in [0.15, 0.2) is 5.75 Å². The molecule has 43 heavy (non-hydrogen) atoms. The normalized spacial score (nSPS) is 13.9. The van der Waals surface area contributed by atoms with Crippen LogP contribution in [0.5, 0.6) is 5.75 Å². The fourth-order valence-electron chi connectivity index (χ4n) is 4.62. The van der Waals surface area contributed by atoms with E-state index in [0.717, 1.165) is 42.5 Å². The summed E-state index contributed by atoms with van der Waals surface area (Å²) in [7, 11) is -4.29. The minimum absolute atomic E-state index is 0.0132. The number of pyridine rings is 1. The van der Waals surface area contributed by atoms with Crippen molar-refractivity contribution in [3.63, 3.8) is 0 Å². The predicted molar refractivity (Wildman–Crippen MR) is 167 cm³/mol. The molecule has 0 atom stereocenters. The molecular formula is C31H31BrFN5O4S. The van der Waals surface area contributed by atoms with Gasteiger partial charge in [-0.1, -0.05) is 26.5 Å². The maximum Gasteiger partial charge on any atom is 0.295 e. The highest BCUT2D eigenvalue weighted by atomic mass is 79.9. The Hall–Kier alpha value is -4.00. The lowest BCUT2D eigenvalue weighted by atomic mass is 10.2. The summed E-state index contributed by atoms with van der Waals surface area (Å²) in [5.74, 6) is 0.298. The second-order valence-corrected chi connectivity index (χ2v) is 12.7. The molecule has 9 nitrogen and oxygen atoms in total. The van der Waals surface area contributed by atoms with Crippen molar-refractivity contribution in [3.05, 3.63) is 113 Å². The fourth-order valence-corrected chi connectivity index (χ4v) is 6.13. The number of hydrogen-bond acceptors (Lipinski definition) is 7. The Morgan fingerprint density at radius 2 is 1.72 bits per heavy atom. The van der Waals surface area contributed by atoms with Gasteiger partial charge >= 0.3 is 0 Å². The number of nitrogens with one attached hydrogen (secondary N) is 1. The highest BCUT2D eigenvalue weighted by molar-refractivity contribution is 9.10. The van der Waals surface area contributed by atoms with Crippen molar-refractivity contribution < 1.29 is 22.4 Å². The third-order valence-corrected chi connectivity index (χ3v) is 9.08. The van der Waals surface area contributed by atoms with Crippen molar-refractivity contribution in [1.29, 1.82) is 0 Å². The van der Waals surface area contributed by atoms with Crippen molar-refractivity contribution in [3.8, 4) is 5.75 Å². The Morgan fingerprint density at radius 1 is 1.00 bits per heavy atom. The van der Waals surface area contributed by atoms with Crippen LogP contribution in [0.15, 0.2) is 100 Å². The molecule has 1 aliphatic heterocycles. The second kappa shape index (κ2) is 13.5. The van der Waals surface area contributed by atoms with E-state index in [0.29, 0.717) is 23.1 Å². The molecule has 1 aliphatic rings. The summed E-state index contributed by atoms with van der Waals surface area (Å²) in [6, 6.07) is 21.3. The van der Waals surface area contributed by atoms with Crippen LogP contribution in [0.4, 0.5) is 15.9 Å². The first-order valence-electron chi connectivity index (χ1n) is 13.7. The van der Waals surface area contributed by atoms with E-state index in [1.54, 1.807) is 24.3 Å². The third-order valence-electron chi connectivity index (χ3n) is 6.96. The quantitative estimate of drug-likeness (QED) is 0.237. The second-order valence-electron chi connectivity index (χ2n) is 10.1. The van der Waals surface area contributed by atoms with Crippen LogP contribution >= 0.6 is 15.9 Å². The number of aryl methyl sites for hydroxylation is 1. The number of sulfonamides is 1. The molecule has 5 rings (SSSR count). The fraction of sp³-hybridized carbons (Fsp3) is 0.226. The lowest BCUT2D eigenvalue weighted by Crippen LogP contribution is -2.48. The Bertz CT molecular complexity index is 1660. The summed E-state index contributed by atoms with van der Waals surface area (Å²) in [6.07, 6.45) is 1.83. The van der Waals surface area contributed by atoms with E-state index in [-0.39, 0.29) is 22.2 Å². The Labute approximate surface area is 259 Å². The van der Waals surface area contributed by atoms with E-state index in [1.807, 2.05) is 12.3 Å². The van der Waals surface area contributed by atoms with Crippen LogP contribution in [0.2, 0.25) is 0 Å². The molecule has 1 saturated heterocycles. The number of carbonyl (C=O) groups excluding carboxylic acids is 1. The monoisotopic (exact) mass is 667 g/mol. The molecule has 1 fully saturated rings. The van der Waals surface area contributed by atoms with Crippen LogP contribution in [-0.4, -0.2) is 63.5 Å². The van der Waals surface area contributed by atoms with Crippen LogP contribution in [0.25, 0.3) is 0 Å². The third kappa shape index (κ3) is 7.70. The molecule has 0 aliphatic carbocycles. The van der Waals surface area contributed by atoms with E-state index >= 15 is 0 Å². The Balaban J connectivity index is 1.19. The zero-order valence-electron chi connectivity index (χ0n) is 23.5. The van der Waals surface area contributed by atoms with Gasteiger partial charge in [-0.05, 0) is 85.3 Å². The van der Waals surface area contributed by atoms with E-state index in [9.17, 15) is 17.6 Å². The van der Waals surface area contributed by atoms with Gasteiger partial charge in [-0.15, -0.1) is 0 Å². The van der Waals surface area contributed by atoms with Gasteiger partial charge in [-0.25, -0.2) is 9.37 Å². The molecule has 4 aromatic rings. The van der Waals surface area contributed by atoms with Gasteiger partial charge in [0.25, 0.3) is 15.9 Å². The predicted octanol–water partition coefficient (Wildman–Crippen LogP) is 5.03. The van der Waals surface area contributed by atoms with Gasteiger partial charge in [0, 0.05) is 61.6 Å². The van der Waals surface area contributed by atoms with Gasteiger partial charge < -0.3 is 15.1 Å². The lowest BCUT2D eigenvalue weighted by molar-refractivity contribution is 0.0947. The van der Waals surface area contributed by atoms with Crippen LogP contribution in [0.1, 0.15) is 15.9 Å². The average Bonchev–Trinajstić information content (AvgIpc) is 3.01. The van der Waals surface area contributed by atoms with Gasteiger partial charge in [0.1, 0.15) is 11.6 Å². The highest BCUT2D eigenvalue weighted by Crippen LogP contribution is 2.28. The summed E-state index contributed by atoms with van der Waals surface area (Å²) in [6.45, 7) is 6.65. The molecule has 1 N–H and O–H groups in total. The Kier molecular flexibility index (Phi) is 9.59. The number of benzene rings is 3. The summed E-state index contributed by atoms with van der Waals surface area (Å²) in [4.78, 5) is 27.4. The molecule has 1 amide bonds. The SMILES string of the molecule is Cc1ccnc(N2CCN(CCNC(=O)c3ccc(S(=O)(=O)N(Oc4ccc(Br)cc4)c4cccc(F)c4)cc3)CC2)c1. The maximum atomic E-state index is 14.0. The summed E-state index contributed by atoms with van der Waals surface area (Å²) in [5, 5.41) is 2.91. The molecule has 12 heteroatoms. The number of amides is 1. The standard InChI is InChI=1S/C31H31BrFN5O4S/c1-23-13-14-34-30(21-23)37-19-17-36(18-20-37)16-15-35-31(39)24-5-11-29(12-6-24)43(40,41)38(27-4-2-3-26(33)22-27)42-28-9-7-25(32)8-10-28/h2-14,21-22H,15-20H2,1H3,(H,35,39). The summed E-state index contributed by atoms with van der Waals surface area (Å²) < 4.78 is 42.8. The number of anilines is 2. The van der Waals surface area contributed by atoms with Crippen LogP contribution in [-0.2, 0) is 10.0 Å². The first-order chi connectivity index (χ1) is 20.7. The first kappa shape index (κ1) is 30.5. The number of piperazine rings is 1. The zero-order chi connectivity index (χ0) is 30.4. The summed E-state index contributed by atoms with van der Waals surface area (Å²) >= 11 is 3.33.